The Kier molecular flexibility index (Phi) is 6.65. The van der Waals surface area contributed by atoms with Gasteiger partial charge in [0.25, 0.3) is 0 Å². The van der Waals surface area contributed by atoms with Crippen LogP contribution >= 0.6 is 0 Å². The predicted molar refractivity (Wildman–Crippen MR) is 124 cm³/mol. The summed E-state index contributed by atoms with van der Waals surface area (Å²) in [5, 5.41) is 5.92. The van der Waals surface area contributed by atoms with Crippen LogP contribution in [-0.2, 0) is 25.8 Å². The van der Waals surface area contributed by atoms with Crippen molar-refractivity contribution in [1.29, 1.82) is 0 Å². The monoisotopic (exact) mass is 454 g/mol. The normalized spacial score (nSPS) is 21.8. The molecule has 0 radical (unpaired) electrons. The van der Waals surface area contributed by atoms with Crippen molar-refractivity contribution in [2.24, 2.45) is 5.92 Å². The van der Waals surface area contributed by atoms with Crippen LogP contribution in [-0.4, -0.2) is 32.0 Å². The summed E-state index contributed by atoms with van der Waals surface area (Å²) in [5.74, 6) is -0.994. The standard InChI is InChI=1S/C25H30N2O4S/c1-17-7-5-6-10-22(17)27-25(29)21(18-8-3-2-4-9-18)16-32(30,31)20-12-13-23-19(15-20)11-14-24(28)26-23/h2-4,8-9,12-13,15,17,21-22H,5-7,10-11,14,16H2,1H3,(H,26,28)(H,27,29). The lowest BCUT2D eigenvalue weighted by Gasteiger charge is -2.31. The number of rotatable bonds is 6. The van der Waals surface area contributed by atoms with Crippen LogP contribution in [0.15, 0.2) is 53.4 Å². The van der Waals surface area contributed by atoms with Crippen molar-refractivity contribution in [3.8, 4) is 0 Å². The Labute approximate surface area is 189 Å². The van der Waals surface area contributed by atoms with Gasteiger partial charge in [0, 0.05) is 18.2 Å². The van der Waals surface area contributed by atoms with Crippen molar-refractivity contribution in [2.75, 3.05) is 11.1 Å². The third kappa shape index (κ3) is 5.04. The van der Waals surface area contributed by atoms with Crippen molar-refractivity contribution in [1.82, 2.24) is 5.32 Å². The maximum atomic E-state index is 13.4. The summed E-state index contributed by atoms with van der Waals surface area (Å²) in [6.45, 7) is 2.14. The summed E-state index contributed by atoms with van der Waals surface area (Å²) in [6.07, 6.45) is 5.10. The van der Waals surface area contributed by atoms with E-state index in [2.05, 4.69) is 17.6 Å². The van der Waals surface area contributed by atoms with Crippen LogP contribution in [0.5, 0.6) is 0 Å². The molecule has 6 nitrogen and oxygen atoms in total. The molecule has 32 heavy (non-hydrogen) atoms. The lowest BCUT2D eigenvalue weighted by atomic mass is 9.85. The average molecular weight is 455 g/mol. The maximum Gasteiger partial charge on any atom is 0.228 e. The minimum absolute atomic E-state index is 0.0640. The highest BCUT2D eigenvalue weighted by Crippen LogP contribution is 2.29. The number of benzene rings is 2. The summed E-state index contributed by atoms with van der Waals surface area (Å²) < 4.78 is 26.7. The Balaban J connectivity index is 1.59. The van der Waals surface area contributed by atoms with E-state index in [4.69, 9.17) is 0 Å². The van der Waals surface area contributed by atoms with Crippen molar-refractivity contribution in [3.63, 3.8) is 0 Å². The van der Waals surface area contributed by atoms with Gasteiger partial charge in [-0.3, -0.25) is 9.59 Å². The molecule has 0 bridgehead atoms. The minimum Gasteiger partial charge on any atom is -0.353 e. The highest BCUT2D eigenvalue weighted by molar-refractivity contribution is 7.91. The van der Waals surface area contributed by atoms with Crippen molar-refractivity contribution >= 4 is 27.3 Å². The lowest BCUT2D eigenvalue weighted by molar-refractivity contribution is -0.123. The van der Waals surface area contributed by atoms with Crippen LogP contribution in [0.1, 0.15) is 56.1 Å². The number of carbonyl (C=O) groups is 2. The number of hydrogen-bond donors (Lipinski definition) is 2. The molecule has 1 aliphatic carbocycles. The fourth-order valence-corrected chi connectivity index (χ4v) is 6.26. The van der Waals surface area contributed by atoms with Crippen LogP contribution < -0.4 is 10.6 Å². The summed E-state index contributed by atoms with van der Waals surface area (Å²) in [7, 11) is -3.73. The van der Waals surface area contributed by atoms with E-state index in [1.807, 2.05) is 30.3 Å². The van der Waals surface area contributed by atoms with E-state index in [-0.39, 0.29) is 28.5 Å². The lowest BCUT2D eigenvalue weighted by Crippen LogP contribution is -2.44. The number of aryl methyl sites for hydroxylation is 1. The first-order valence-electron chi connectivity index (χ1n) is 11.3. The van der Waals surface area contributed by atoms with E-state index in [9.17, 15) is 18.0 Å². The SMILES string of the molecule is CC1CCCCC1NC(=O)C(CS(=O)(=O)c1ccc2c(c1)CCC(=O)N2)c1ccccc1. The Morgan fingerprint density at radius 2 is 1.84 bits per heavy atom. The molecule has 1 fully saturated rings. The Morgan fingerprint density at radius 1 is 1.09 bits per heavy atom. The zero-order valence-corrected chi connectivity index (χ0v) is 19.2. The maximum absolute atomic E-state index is 13.4. The number of nitrogens with one attached hydrogen (secondary N) is 2. The van der Waals surface area contributed by atoms with E-state index in [1.165, 1.54) is 12.5 Å². The molecular weight excluding hydrogens is 424 g/mol. The molecular formula is C25H30N2O4S. The third-order valence-corrected chi connectivity index (χ3v) is 8.42. The van der Waals surface area contributed by atoms with Crippen molar-refractivity contribution in [3.05, 3.63) is 59.7 Å². The molecule has 0 spiro atoms. The molecule has 1 aliphatic heterocycles. The van der Waals surface area contributed by atoms with Gasteiger partial charge in [-0.15, -0.1) is 0 Å². The molecule has 0 aromatic heterocycles. The number of sulfone groups is 1. The number of hydrogen-bond acceptors (Lipinski definition) is 4. The summed E-state index contributed by atoms with van der Waals surface area (Å²) in [5.41, 5.74) is 2.16. The topological polar surface area (TPSA) is 92.3 Å². The summed E-state index contributed by atoms with van der Waals surface area (Å²) >= 11 is 0. The first-order chi connectivity index (χ1) is 15.3. The molecule has 2 aromatic rings. The first kappa shape index (κ1) is 22.5. The molecule has 1 heterocycles. The molecule has 2 amide bonds. The highest BCUT2D eigenvalue weighted by Gasteiger charge is 2.32. The predicted octanol–water partition coefficient (Wildman–Crippen LogP) is 3.82. The second-order valence-corrected chi connectivity index (χ2v) is 11.0. The van der Waals surface area contributed by atoms with Crippen LogP contribution in [0.25, 0.3) is 0 Å². The van der Waals surface area contributed by atoms with Gasteiger partial charge >= 0.3 is 0 Å². The quantitative estimate of drug-likeness (QED) is 0.694. The van der Waals surface area contributed by atoms with Gasteiger partial charge in [0.05, 0.1) is 16.6 Å². The Bertz CT molecular complexity index is 1100. The van der Waals surface area contributed by atoms with Crippen LogP contribution in [0.4, 0.5) is 5.69 Å². The largest absolute Gasteiger partial charge is 0.353 e. The highest BCUT2D eigenvalue weighted by atomic mass is 32.2. The fraction of sp³-hybridized carbons (Fsp3) is 0.440. The van der Waals surface area contributed by atoms with Gasteiger partial charge in [-0.1, -0.05) is 50.1 Å². The van der Waals surface area contributed by atoms with Gasteiger partial charge < -0.3 is 10.6 Å². The average Bonchev–Trinajstić information content (AvgIpc) is 2.79. The molecule has 3 unspecified atom stereocenters. The van der Waals surface area contributed by atoms with E-state index in [0.717, 1.165) is 24.8 Å². The zero-order chi connectivity index (χ0) is 22.7. The summed E-state index contributed by atoms with van der Waals surface area (Å²) in [4.78, 5) is 25.1. The van der Waals surface area contributed by atoms with Gasteiger partial charge in [-0.2, -0.15) is 0 Å². The number of anilines is 1. The van der Waals surface area contributed by atoms with Gasteiger partial charge in [-0.05, 0) is 54.5 Å². The minimum atomic E-state index is -3.73. The molecule has 0 saturated heterocycles. The number of fused-ring (bicyclic) bond motifs is 1. The van der Waals surface area contributed by atoms with Gasteiger partial charge in [-0.25, -0.2) is 8.42 Å². The van der Waals surface area contributed by atoms with Crippen molar-refractivity contribution in [2.45, 2.75) is 62.3 Å². The molecule has 2 aromatic carbocycles. The summed E-state index contributed by atoms with van der Waals surface area (Å²) in [6, 6.07) is 14.0. The van der Waals surface area contributed by atoms with Crippen LogP contribution in [0.2, 0.25) is 0 Å². The molecule has 1 saturated carbocycles. The molecule has 2 N–H and O–H groups in total. The van der Waals surface area contributed by atoms with Crippen molar-refractivity contribution < 1.29 is 18.0 Å². The first-order valence-corrected chi connectivity index (χ1v) is 13.0. The van der Waals surface area contributed by atoms with Gasteiger partial charge in [0.15, 0.2) is 9.84 Å². The number of carbonyl (C=O) groups excluding carboxylic acids is 2. The Hall–Kier alpha value is -2.67. The van der Waals surface area contributed by atoms with E-state index >= 15 is 0 Å². The molecule has 3 atom stereocenters. The smallest absolute Gasteiger partial charge is 0.228 e. The Morgan fingerprint density at radius 3 is 2.59 bits per heavy atom. The second kappa shape index (κ2) is 9.45. The molecule has 2 aliphatic rings. The van der Waals surface area contributed by atoms with Crippen LogP contribution in [0.3, 0.4) is 0 Å². The number of amides is 2. The molecule has 7 heteroatoms. The van der Waals surface area contributed by atoms with E-state index in [1.54, 1.807) is 12.1 Å². The molecule has 4 rings (SSSR count). The van der Waals surface area contributed by atoms with E-state index < -0.39 is 15.8 Å². The van der Waals surface area contributed by atoms with Crippen LogP contribution in [0, 0.1) is 5.92 Å². The third-order valence-electron chi connectivity index (χ3n) is 6.67. The van der Waals surface area contributed by atoms with E-state index in [0.29, 0.717) is 30.0 Å². The van der Waals surface area contributed by atoms with Gasteiger partial charge in [0.1, 0.15) is 0 Å². The molecule has 170 valence electrons. The second-order valence-electron chi connectivity index (χ2n) is 8.99. The fourth-order valence-electron chi connectivity index (χ4n) is 4.69. The zero-order valence-electron chi connectivity index (χ0n) is 18.3. The van der Waals surface area contributed by atoms with Gasteiger partial charge in [0.2, 0.25) is 11.8 Å².